The van der Waals surface area contributed by atoms with E-state index >= 15 is 0 Å². The fourth-order valence-corrected chi connectivity index (χ4v) is 3.50. The Hall–Kier alpha value is -3.85. The molecule has 0 radical (unpaired) electrons. The van der Waals surface area contributed by atoms with Crippen molar-refractivity contribution in [3.05, 3.63) is 109 Å². The Morgan fingerprint density at radius 1 is 0.607 bits per heavy atom. The lowest BCUT2D eigenvalue weighted by atomic mass is 9.98. The predicted octanol–water partition coefficient (Wildman–Crippen LogP) is 6.47. The van der Waals surface area contributed by atoms with E-state index < -0.39 is 0 Å². The minimum atomic E-state index is 0.755. The summed E-state index contributed by atoms with van der Waals surface area (Å²) < 4.78 is 7.76. The third-order valence-electron chi connectivity index (χ3n) is 4.75. The first-order valence-electron chi connectivity index (χ1n) is 9.25. The minimum absolute atomic E-state index is 0.755. The van der Waals surface area contributed by atoms with Gasteiger partial charge >= 0.3 is 0 Å². The molecule has 2 heterocycles. The van der Waals surface area contributed by atoms with Crippen LogP contribution < -0.4 is 0 Å². The fourth-order valence-electron chi connectivity index (χ4n) is 3.50. The molecule has 0 aliphatic carbocycles. The topological polar surface area (TPSA) is 31.0 Å². The number of para-hydroxylation sites is 1. The molecule has 3 heteroatoms. The quantitative estimate of drug-likeness (QED) is 0.367. The molecule has 0 N–H and O–H groups in total. The second-order valence-electron chi connectivity index (χ2n) is 6.53. The van der Waals surface area contributed by atoms with Gasteiger partial charge < -0.3 is 4.42 Å². The number of rotatable bonds is 4. The van der Waals surface area contributed by atoms with Crippen LogP contribution in [0.2, 0.25) is 0 Å². The highest BCUT2D eigenvalue weighted by Gasteiger charge is 2.24. The average molecular weight is 362 g/mol. The van der Waals surface area contributed by atoms with Gasteiger partial charge in [-0.05, 0) is 29.8 Å². The van der Waals surface area contributed by atoms with Crippen molar-refractivity contribution in [1.82, 2.24) is 9.78 Å². The standard InChI is InChI=1S/C25H18N2O/c1-4-11-19(12-5-1)23-24(22-17-10-18-28-22)26-27(21-15-8-3-9-16-21)25(23)20-13-6-2-7-14-20/h1-18H. The van der Waals surface area contributed by atoms with E-state index in [-0.39, 0.29) is 0 Å². The van der Waals surface area contributed by atoms with Gasteiger partial charge in [0, 0.05) is 11.1 Å². The SMILES string of the molecule is c1ccc(-c2c(-c3ccco3)nn(-c3ccccc3)c2-c2ccccc2)cc1. The number of nitrogens with zero attached hydrogens (tertiary/aromatic N) is 2. The molecule has 5 rings (SSSR count). The van der Waals surface area contributed by atoms with Crippen LogP contribution in [0, 0.1) is 0 Å². The second-order valence-corrected chi connectivity index (χ2v) is 6.53. The van der Waals surface area contributed by atoms with Crippen molar-refractivity contribution in [3.63, 3.8) is 0 Å². The molecule has 0 amide bonds. The fraction of sp³-hybridized carbons (Fsp3) is 0. The van der Waals surface area contributed by atoms with Crippen LogP contribution >= 0.6 is 0 Å². The third kappa shape index (κ3) is 2.83. The first-order valence-corrected chi connectivity index (χ1v) is 9.25. The van der Waals surface area contributed by atoms with Gasteiger partial charge in [0.15, 0.2) is 5.76 Å². The molecular weight excluding hydrogens is 344 g/mol. The van der Waals surface area contributed by atoms with E-state index in [1.165, 1.54) is 0 Å². The van der Waals surface area contributed by atoms with Crippen LogP contribution in [0.1, 0.15) is 0 Å². The number of benzene rings is 3. The largest absolute Gasteiger partial charge is 0.463 e. The van der Waals surface area contributed by atoms with Gasteiger partial charge in [-0.25, -0.2) is 4.68 Å². The molecule has 3 nitrogen and oxygen atoms in total. The van der Waals surface area contributed by atoms with Crippen molar-refractivity contribution in [2.75, 3.05) is 0 Å². The van der Waals surface area contributed by atoms with E-state index in [4.69, 9.17) is 9.52 Å². The maximum atomic E-state index is 5.75. The Morgan fingerprint density at radius 2 is 1.21 bits per heavy atom. The molecule has 28 heavy (non-hydrogen) atoms. The first-order chi connectivity index (χ1) is 13.9. The molecule has 0 aliphatic rings. The van der Waals surface area contributed by atoms with Gasteiger partial charge in [0.25, 0.3) is 0 Å². The molecule has 5 aromatic rings. The molecule has 0 spiro atoms. The summed E-state index contributed by atoms with van der Waals surface area (Å²) in [5.74, 6) is 0.755. The van der Waals surface area contributed by atoms with Crippen molar-refractivity contribution in [2.45, 2.75) is 0 Å². The number of aromatic nitrogens is 2. The second kappa shape index (κ2) is 7.05. The summed E-state index contributed by atoms with van der Waals surface area (Å²) in [6, 6.07) is 34.8. The van der Waals surface area contributed by atoms with Crippen molar-refractivity contribution >= 4 is 0 Å². The molecule has 0 atom stereocenters. The monoisotopic (exact) mass is 362 g/mol. The van der Waals surface area contributed by atoms with E-state index in [1.54, 1.807) is 6.26 Å². The van der Waals surface area contributed by atoms with Crippen LogP contribution in [0.5, 0.6) is 0 Å². The van der Waals surface area contributed by atoms with Crippen LogP contribution in [0.25, 0.3) is 39.5 Å². The molecule has 0 unspecified atom stereocenters. The van der Waals surface area contributed by atoms with Crippen molar-refractivity contribution < 1.29 is 4.42 Å². The normalized spacial score (nSPS) is 10.9. The highest BCUT2D eigenvalue weighted by Crippen LogP contribution is 2.41. The lowest BCUT2D eigenvalue weighted by Gasteiger charge is -2.10. The van der Waals surface area contributed by atoms with Gasteiger partial charge in [0.1, 0.15) is 5.69 Å². The minimum Gasteiger partial charge on any atom is -0.463 e. The van der Waals surface area contributed by atoms with Crippen LogP contribution in [0.3, 0.4) is 0 Å². The van der Waals surface area contributed by atoms with Crippen LogP contribution in [0.15, 0.2) is 114 Å². The van der Waals surface area contributed by atoms with Crippen molar-refractivity contribution in [3.8, 4) is 39.5 Å². The van der Waals surface area contributed by atoms with E-state index in [0.29, 0.717) is 0 Å². The van der Waals surface area contributed by atoms with E-state index in [2.05, 4.69) is 60.7 Å². The van der Waals surface area contributed by atoms with E-state index in [0.717, 1.165) is 39.5 Å². The maximum absolute atomic E-state index is 5.75. The van der Waals surface area contributed by atoms with Gasteiger partial charge in [-0.15, -0.1) is 0 Å². The van der Waals surface area contributed by atoms with Gasteiger partial charge in [-0.1, -0.05) is 78.9 Å². The third-order valence-corrected chi connectivity index (χ3v) is 4.75. The molecular formula is C25H18N2O. The Bertz CT molecular complexity index is 1180. The first kappa shape index (κ1) is 16.3. The van der Waals surface area contributed by atoms with Gasteiger partial charge in [0.05, 0.1) is 17.6 Å². The number of hydrogen-bond donors (Lipinski definition) is 0. The Morgan fingerprint density at radius 3 is 1.82 bits per heavy atom. The Labute approximate surface area is 163 Å². The van der Waals surface area contributed by atoms with E-state index in [9.17, 15) is 0 Å². The van der Waals surface area contributed by atoms with Crippen LogP contribution in [0.4, 0.5) is 0 Å². The number of hydrogen-bond acceptors (Lipinski definition) is 2. The summed E-state index contributed by atoms with van der Waals surface area (Å²) >= 11 is 0. The van der Waals surface area contributed by atoms with Crippen molar-refractivity contribution in [2.24, 2.45) is 0 Å². The van der Waals surface area contributed by atoms with Gasteiger partial charge in [-0.2, -0.15) is 5.10 Å². The Kier molecular flexibility index (Phi) is 4.11. The molecule has 0 fully saturated rings. The molecule has 0 bridgehead atoms. The zero-order chi connectivity index (χ0) is 18.8. The highest BCUT2D eigenvalue weighted by molar-refractivity contribution is 5.91. The zero-order valence-electron chi connectivity index (χ0n) is 15.2. The Balaban J connectivity index is 1.89. The lowest BCUT2D eigenvalue weighted by molar-refractivity contribution is 0.579. The van der Waals surface area contributed by atoms with E-state index in [1.807, 2.05) is 47.1 Å². The zero-order valence-corrected chi connectivity index (χ0v) is 15.2. The maximum Gasteiger partial charge on any atom is 0.154 e. The molecule has 0 saturated carbocycles. The summed E-state index contributed by atoms with van der Waals surface area (Å²) in [7, 11) is 0. The van der Waals surface area contributed by atoms with Crippen molar-refractivity contribution in [1.29, 1.82) is 0 Å². The van der Waals surface area contributed by atoms with Crippen LogP contribution in [-0.2, 0) is 0 Å². The smallest absolute Gasteiger partial charge is 0.154 e. The number of furan rings is 1. The molecule has 134 valence electrons. The van der Waals surface area contributed by atoms with Crippen LogP contribution in [-0.4, -0.2) is 9.78 Å². The van der Waals surface area contributed by atoms with Gasteiger partial charge in [0.2, 0.25) is 0 Å². The molecule has 0 aliphatic heterocycles. The summed E-state index contributed by atoms with van der Waals surface area (Å²) in [6.07, 6.45) is 1.69. The summed E-state index contributed by atoms with van der Waals surface area (Å²) in [6.45, 7) is 0. The molecule has 3 aromatic carbocycles. The predicted molar refractivity (Wildman–Crippen MR) is 112 cm³/mol. The van der Waals surface area contributed by atoms with Gasteiger partial charge in [-0.3, -0.25) is 0 Å². The molecule has 0 saturated heterocycles. The average Bonchev–Trinajstić information content (AvgIpc) is 3.43. The summed E-state index contributed by atoms with van der Waals surface area (Å²) in [5.41, 5.74) is 6.16. The summed E-state index contributed by atoms with van der Waals surface area (Å²) in [5, 5.41) is 5.00. The molecule has 2 aromatic heterocycles. The summed E-state index contributed by atoms with van der Waals surface area (Å²) in [4.78, 5) is 0. The highest BCUT2D eigenvalue weighted by atomic mass is 16.3. The lowest BCUT2D eigenvalue weighted by Crippen LogP contribution is -1.99.